The Balaban J connectivity index is 1.51. The Morgan fingerprint density at radius 3 is 2.45 bits per heavy atom. The van der Waals surface area contributed by atoms with Crippen molar-refractivity contribution in [2.45, 2.75) is 39.5 Å². The summed E-state index contributed by atoms with van der Waals surface area (Å²) in [6.07, 6.45) is 3.76. The molecule has 2 aromatic carbocycles. The number of likely N-dealkylation sites (N-methyl/N-ethyl adjacent to an activating group) is 1. The molecule has 0 N–H and O–H groups in total. The first-order valence-electron chi connectivity index (χ1n) is 10.7. The Kier molecular flexibility index (Phi) is 8.55. The van der Waals surface area contributed by atoms with Crippen molar-refractivity contribution in [3.63, 3.8) is 0 Å². The Hall–Kier alpha value is -2.31. The fourth-order valence-electron chi connectivity index (χ4n) is 3.20. The van der Waals surface area contributed by atoms with Gasteiger partial charge in [-0.2, -0.15) is 0 Å². The molecule has 1 heterocycles. The zero-order chi connectivity index (χ0) is 22.2. The first kappa shape index (κ1) is 23.4. The molecule has 0 spiro atoms. The average Bonchev–Trinajstić information content (AvgIpc) is 3.06. The van der Waals surface area contributed by atoms with Crippen molar-refractivity contribution in [3.05, 3.63) is 64.6 Å². The molecule has 2 aromatic rings. The highest BCUT2D eigenvalue weighted by Crippen LogP contribution is 2.34. The lowest BCUT2D eigenvalue weighted by Gasteiger charge is -2.12. The van der Waals surface area contributed by atoms with Crippen LogP contribution in [0.1, 0.15) is 50.7 Å². The molecule has 31 heavy (non-hydrogen) atoms. The quantitative estimate of drug-likeness (QED) is 0.240. The first-order valence-corrected chi connectivity index (χ1v) is 12.0. The molecule has 1 aliphatic heterocycles. The largest absolute Gasteiger partial charge is 0.493 e. The number of amides is 1. The minimum Gasteiger partial charge on any atom is -0.493 e. The maximum Gasteiger partial charge on any atom is 0.266 e. The second kappa shape index (κ2) is 11.3. The number of para-hydroxylation sites is 1. The molecule has 3 rings (SSSR count). The van der Waals surface area contributed by atoms with Gasteiger partial charge in [0, 0.05) is 18.5 Å². The molecule has 164 valence electrons. The Labute approximate surface area is 194 Å². The third kappa shape index (κ3) is 6.11. The summed E-state index contributed by atoms with van der Waals surface area (Å²) in [6, 6.07) is 16.1. The molecule has 1 saturated heterocycles. The summed E-state index contributed by atoms with van der Waals surface area (Å²) in [7, 11) is 0. The van der Waals surface area contributed by atoms with E-state index in [1.165, 1.54) is 17.3 Å². The summed E-state index contributed by atoms with van der Waals surface area (Å²) in [4.78, 5) is 14.7. The third-order valence-corrected chi connectivity index (χ3v) is 6.65. The van der Waals surface area contributed by atoms with Crippen LogP contribution in [0.15, 0.2) is 53.4 Å². The number of benzene rings is 2. The van der Waals surface area contributed by atoms with Crippen molar-refractivity contribution in [2.24, 2.45) is 0 Å². The minimum atomic E-state index is -0.0416. The van der Waals surface area contributed by atoms with Crippen LogP contribution in [0, 0.1) is 0 Å². The van der Waals surface area contributed by atoms with Crippen molar-refractivity contribution < 1.29 is 14.3 Å². The van der Waals surface area contributed by atoms with Crippen LogP contribution in [0.3, 0.4) is 0 Å². The van der Waals surface area contributed by atoms with E-state index in [1.54, 1.807) is 4.90 Å². The molecule has 0 aromatic heterocycles. The van der Waals surface area contributed by atoms with E-state index in [0.717, 1.165) is 29.9 Å². The molecule has 0 saturated carbocycles. The Morgan fingerprint density at radius 2 is 1.77 bits per heavy atom. The minimum absolute atomic E-state index is 0.0416. The van der Waals surface area contributed by atoms with E-state index < -0.39 is 0 Å². The first-order chi connectivity index (χ1) is 15.0. The number of thioether (sulfide) groups is 1. The van der Waals surface area contributed by atoms with Gasteiger partial charge < -0.3 is 9.47 Å². The monoisotopic (exact) mass is 455 g/mol. The molecule has 1 unspecified atom stereocenters. The van der Waals surface area contributed by atoms with Gasteiger partial charge in [-0.15, -0.1) is 0 Å². The lowest BCUT2D eigenvalue weighted by molar-refractivity contribution is -0.121. The summed E-state index contributed by atoms with van der Waals surface area (Å²) in [5.41, 5.74) is 2.21. The molecule has 0 aliphatic carbocycles. The van der Waals surface area contributed by atoms with Crippen molar-refractivity contribution in [2.75, 3.05) is 19.8 Å². The van der Waals surface area contributed by atoms with Gasteiger partial charge in [-0.3, -0.25) is 9.69 Å². The smallest absolute Gasteiger partial charge is 0.266 e. The Morgan fingerprint density at radius 1 is 1.06 bits per heavy atom. The van der Waals surface area contributed by atoms with E-state index in [0.29, 0.717) is 34.9 Å². The van der Waals surface area contributed by atoms with Crippen LogP contribution in [0.4, 0.5) is 0 Å². The maximum absolute atomic E-state index is 12.5. The van der Waals surface area contributed by atoms with E-state index in [1.807, 2.05) is 49.4 Å². The lowest BCUT2D eigenvalue weighted by Crippen LogP contribution is -2.27. The number of carbonyl (C=O) groups excluding carboxylic acids is 1. The summed E-state index contributed by atoms with van der Waals surface area (Å²) < 4.78 is 12.4. The second-order valence-electron chi connectivity index (χ2n) is 7.39. The van der Waals surface area contributed by atoms with Gasteiger partial charge in [0.2, 0.25) is 0 Å². The molecular weight excluding hydrogens is 426 g/mol. The highest BCUT2D eigenvalue weighted by atomic mass is 32.2. The van der Waals surface area contributed by atoms with Crippen LogP contribution in [0.2, 0.25) is 0 Å². The molecule has 4 nitrogen and oxygen atoms in total. The van der Waals surface area contributed by atoms with Gasteiger partial charge in [0.15, 0.2) is 0 Å². The van der Waals surface area contributed by atoms with E-state index >= 15 is 0 Å². The highest BCUT2D eigenvalue weighted by molar-refractivity contribution is 8.26. The number of ether oxygens (including phenoxy) is 2. The molecule has 1 fully saturated rings. The van der Waals surface area contributed by atoms with Gasteiger partial charge in [0.1, 0.15) is 15.8 Å². The SMILES string of the molecule is CCC(C)c1ccc(OCCCOc2ccccc2/C=C2\SC(=S)N(CC)C2=O)cc1. The summed E-state index contributed by atoms with van der Waals surface area (Å²) >= 11 is 6.63. The van der Waals surface area contributed by atoms with Crippen LogP contribution < -0.4 is 9.47 Å². The topological polar surface area (TPSA) is 38.8 Å². The highest BCUT2D eigenvalue weighted by Gasteiger charge is 2.30. The van der Waals surface area contributed by atoms with Crippen molar-refractivity contribution in [1.82, 2.24) is 4.90 Å². The van der Waals surface area contributed by atoms with Crippen LogP contribution in [-0.2, 0) is 4.79 Å². The zero-order valence-corrected chi connectivity index (χ0v) is 19.9. The van der Waals surface area contributed by atoms with Gasteiger partial charge in [-0.05, 0) is 49.1 Å². The molecule has 0 radical (unpaired) electrons. The van der Waals surface area contributed by atoms with Gasteiger partial charge in [-0.1, -0.05) is 68.2 Å². The number of hydrogen-bond acceptors (Lipinski definition) is 5. The standard InChI is InChI=1S/C25H29NO3S2/c1-4-18(3)19-11-13-21(14-12-19)28-15-8-16-29-22-10-7-6-9-20(22)17-23-24(27)26(5-2)25(30)31-23/h6-7,9-14,17-18H,4-5,8,15-16H2,1-3H3/b23-17-. The summed E-state index contributed by atoms with van der Waals surface area (Å²) in [6.45, 7) is 8.05. The lowest BCUT2D eigenvalue weighted by atomic mass is 9.99. The van der Waals surface area contributed by atoms with Crippen LogP contribution >= 0.6 is 24.0 Å². The Bertz CT molecular complexity index is 940. The normalized spacial score (nSPS) is 16.1. The fourth-order valence-corrected chi connectivity index (χ4v) is 4.58. The molecule has 1 aliphatic rings. The van der Waals surface area contributed by atoms with E-state index in [9.17, 15) is 4.79 Å². The second-order valence-corrected chi connectivity index (χ2v) is 9.07. The zero-order valence-electron chi connectivity index (χ0n) is 18.3. The number of hydrogen-bond donors (Lipinski definition) is 0. The van der Waals surface area contributed by atoms with Gasteiger partial charge in [0.05, 0.1) is 18.1 Å². The van der Waals surface area contributed by atoms with Crippen molar-refractivity contribution in [1.29, 1.82) is 0 Å². The van der Waals surface area contributed by atoms with Crippen molar-refractivity contribution in [3.8, 4) is 11.5 Å². The molecule has 1 amide bonds. The van der Waals surface area contributed by atoms with Gasteiger partial charge in [0.25, 0.3) is 5.91 Å². The third-order valence-electron chi connectivity index (χ3n) is 5.27. The van der Waals surface area contributed by atoms with Crippen molar-refractivity contribution >= 4 is 40.3 Å². The molecule has 1 atom stereocenters. The van der Waals surface area contributed by atoms with E-state index in [-0.39, 0.29) is 5.91 Å². The molecular formula is C25H29NO3S2. The number of nitrogens with zero attached hydrogens (tertiary/aromatic N) is 1. The van der Waals surface area contributed by atoms with Crippen LogP contribution in [0.5, 0.6) is 11.5 Å². The summed E-state index contributed by atoms with van der Waals surface area (Å²) in [5.74, 6) is 2.16. The average molecular weight is 456 g/mol. The predicted octanol–water partition coefficient (Wildman–Crippen LogP) is 6.27. The maximum atomic E-state index is 12.5. The number of thiocarbonyl (C=S) groups is 1. The number of carbonyl (C=O) groups is 1. The predicted molar refractivity (Wildman–Crippen MR) is 133 cm³/mol. The molecule has 0 bridgehead atoms. The van der Waals surface area contributed by atoms with Gasteiger partial charge in [-0.25, -0.2) is 0 Å². The van der Waals surface area contributed by atoms with Crippen LogP contribution in [-0.4, -0.2) is 34.9 Å². The molecule has 6 heteroatoms. The van der Waals surface area contributed by atoms with Gasteiger partial charge >= 0.3 is 0 Å². The summed E-state index contributed by atoms with van der Waals surface area (Å²) in [5, 5.41) is 0. The van der Waals surface area contributed by atoms with E-state index in [4.69, 9.17) is 21.7 Å². The van der Waals surface area contributed by atoms with E-state index in [2.05, 4.69) is 26.0 Å². The number of rotatable bonds is 10. The fraction of sp³-hybridized carbons (Fsp3) is 0.360. The van der Waals surface area contributed by atoms with Crippen LogP contribution in [0.25, 0.3) is 6.08 Å².